The molecule has 24 heavy (non-hydrogen) atoms. The maximum absolute atomic E-state index is 12.1. The first-order valence-corrected chi connectivity index (χ1v) is 9.12. The molecule has 1 heterocycles. The SMILES string of the molecule is CNS(=O)(=O)c1cccc2c1CCN(C(=O)NCCCC(=O)O)C2. The first-order valence-electron chi connectivity index (χ1n) is 7.64. The number of aliphatic carboxylic acids is 1. The van der Waals surface area contributed by atoms with E-state index in [9.17, 15) is 18.0 Å². The van der Waals surface area contributed by atoms with Crippen molar-refractivity contribution in [2.45, 2.75) is 30.7 Å². The third-order valence-corrected chi connectivity index (χ3v) is 5.41. The van der Waals surface area contributed by atoms with E-state index in [0.717, 1.165) is 11.1 Å². The van der Waals surface area contributed by atoms with Crippen molar-refractivity contribution < 1.29 is 23.1 Å². The molecule has 0 unspecified atom stereocenters. The summed E-state index contributed by atoms with van der Waals surface area (Å²) in [5, 5.41) is 11.3. The number of rotatable bonds is 6. The van der Waals surface area contributed by atoms with Gasteiger partial charge in [-0.2, -0.15) is 0 Å². The number of amides is 2. The number of nitrogens with one attached hydrogen (secondary N) is 2. The standard InChI is InChI=1S/C15H21N3O5S/c1-16-24(22,23)13-5-2-4-11-10-18(9-7-12(11)13)15(21)17-8-3-6-14(19)20/h2,4-5,16H,3,6-10H2,1H3,(H,17,21)(H,19,20). The lowest BCUT2D eigenvalue weighted by atomic mass is 10.00. The predicted octanol–water partition coefficient (Wildman–Crippen LogP) is 0.527. The maximum Gasteiger partial charge on any atom is 0.317 e. The Kier molecular flexibility index (Phi) is 5.79. The van der Waals surface area contributed by atoms with Crippen molar-refractivity contribution in [3.63, 3.8) is 0 Å². The van der Waals surface area contributed by atoms with Crippen LogP contribution in [0.25, 0.3) is 0 Å². The molecular formula is C15H21N3O5S. The molecule has 3 N–H and O–H groups in total. The summed E-state index contributed by atoms with van der Waals surface area (Å²) in [5.41, 5.74) is 1.54. The fraction of sp³-hybridized carbons (Fsp3) is 0.467. The minimum atomic E-state index is -3.53. The van der Waals surface area contributed by atoms with E-state index >= 15 is 0 Å². The Hall–Kier alpha value is -2.13. The zero-order valence-electron chi connectivity index (χ0n) is 13.4. The highest BCUT2D eigenvalue weighted by atomic mass is 32.2. The molecule has 8 nitrogen and oxygen atoms in total. The Labute approximate surface area is 140 Å². The lowest BCUT2D eigenvalue weighted by Gasteiger charge is -2.30. The van der Waals surface area contributed by atoms with Gasteiger partial charge in [0.2, 0.25) is 10.0 Å². The number of hydrogen-bond acceptors (Lipinski definition) is 4. The van der Waals surface area contributed by atoms with Crippen LogP contribution in [0.2, 0.25) is 0 Å². The van der Waals surface area contributed by atoms with Gasteiger partial charge in [0.05, 0.1) is 4.90 Å². The fourth-order valence-corrected chi connectivity index (χ4v) is 3.69. The number of carbonyl (C=O) groups is 2. The molecule has 0 saturated heterocycles. The van der Waals surface area contributed by atoms with Gasteiger partial charge >= 0.3 is 12.0 Å². The zero-order valence-corrected chi connectivity index (χ0v) is 14.2. The normalized spacial score (nSPS) is 14.1. The van der Waals surface area contributed by atoms with Gasteiger partial charge in [0, 0.05) is 26.1 Å². The number of benzene rings is 1. The summed E-state index contributed by atoms with van der Waals surface area (Å²) in [5.74, 6) is -0.894. The molecule has 1 aliphatic heterocycles. The van der Waals surface area contributed by atoms with E-state index in [4.69, 9.17) is 5.11 Å². The van der Waals surface area contributed by atoms with Crippen LogP contribution in [-0.2, 0) is 27.8 Å². The highest BCUT2D eigenvalue weighted by molar-refractivity contribution is 7.89. The number of fused-ring (bicyclic) bond motifs is 1. The summed E-state index contributed by atoms with van der Waals surface area (Å²) >= 11 is 0. The third kappa shape index (κ3) is 4.24. The molecule has 1 aliphatic rings. The average molecular weight is 355 g/mol. The summed E-state index contributed by atoms with van der Waals surface area (Å²) in [6.45, 7) is 1.03. The van der Waals surface area contributed by atoms with E-state index in [1.165, 1.54) is 7.05 Å². The maximum atomic E-state index is 12.1. The first-order chi connectivity index (χ1) is 11.3. The second-order valence-electron chi connectivity index (χ2n) is 5.50. The van der Waals surface area contributed by atoms with E-state index in [1.54, 1.807) is 17.0 Å². The van der Waals surface area contributed by atoms with Gasteiger partial charge in [-0.05, 0) is 37.1 Å². The molecular weight excluding hydrogens is 334 g/mol. The summed E-state index contributed by atoms with van der Waals surface area (Å²) < 4.78 is 26.4. The summed E-state index contributed by atoms with van der Waals surface area (Å²) in [7, 11) is -2.16. The van der Waals surface area contributed by atoms with Crippen LogP contribution in [0.5, 0.6) is 0 Å². The largest absolute Gasteiger partial charge is 0.481 e. The van der Waals surface area contributed by atoms with Crippen molar-refractivity contribution in [1.29, 1.82) is 0 Å². The number of urea groups is 1. The number of hydrogen-bond donors (Lipinski definition) is 3. The second-order valence-corrected chi connectivity index (χ2v) is 7.36. The number of carboxylic acids is 1. The van der Waals surface area contributed by atoms with E-state index in [0.29, 0.717) is 32.5 Å². The van der Waals surface area contributed by atoms with Crippen molar-refractivity contribution >= 4 is 22.0 Å². The van der Waals surface area contributed by atoms with Gasteiger partial charge in [0.1, 0.15) is 0 Å². The van der Waals surface area contributed by atoms with Gasteiger partial charge in [-0.15, -0.1) is 0 Å². The van der Waals surface area contributed by atoms with Crippen LogP contribution in [0.1, 0.15) is 24.0 Å². The average Bonchev–Trinajstić information content (AvgIpc) is 2.57. The monoisotopic (exact) mass is 355 g/mol. The Balaban J connectivity index is 2.03. The van der Waals surface area contributed by atoms with Crippen LogP contribution >= 0.6 is 0 Å². The number of nitrogens with zero attached hydrogens (tertiary/aromatic N) is 1. The Morgan fingerprint density at radius 1 is 1.33 bits per heavy atom. The van der Waals surface area contributed by atoms with Gasteiger partial charge in [0.25, 0.3) is 0 Å². The molecule has 2 rings (SSSR count). The Morgan fingerprint density at radius 2 is 2.08 bits per heavy atom. The molecule has 0 aromatic heterocycles. The Morgan fingerprint density at radius 3 is 2.75 bits per heavy atom. The molecule has 1 aromatic rings. The molecule has 9 heteroatoms. The van der Waals surface area contributed by atoms with Crippen LogP contribution in [0.3, 0.4) is 0 Å². The van der Waals surface area contributed by atoms with E-state index in [2.05, 4.69) is 10.0 Å². The van der Waals surface area contributed by atoms with E-state index in [1.807, 2.05) is 6.07 Å². The Bertz CT molecular complexity index is 733. The summed E-state index contributed by atoms with van der Waals surface area (Å²) in [6.07, 6.45) is 0.833. The van der Waals surface area contributed by atoms with Crippen molar-refractivity contribution in [3.05, 3.63) is 29.3 Å². The highest BCUT2D eigenvalue weighted by Gasteiger charge is 2.26. The molecule has 2 amide bonds. The number of carbonyl (C=O) groups excluding carboxylic acids is 1. The van der Waals surface area contributed by atoms with Crippen LogP contribution in [-0.4, -0.2) is 50.6 Å². The summed E-state index contributed by atoms with van der Waals surface area (Å²) in [4.78, 5) is 24.4. The first kappa shape index (κ1) is 18.2. The molecule has 0 radical (unpaired) electrons. The van der Waals surface area contributed by atoms with Gasteiger partial charge in [-0.1, -0.05) is 12.1 Å². The lowest BCUT2D eigenvalue weighted by molar-refractivity contribution is -0.137. The van der Waals surface area contributed by atoms with Gasteiger partial charge in [0.15, 0.2) is 0 Å². The molecule has 0 bridgehead atoms. The number of carboxylic acid groups (broad SMARTS) is 1. The van der Waals surface area contributed by atoms with E-state index < -0.39 is 16.0 Å². The quantitative estimate of drug-likeness (QED) is 0.644. The molecule has 0 atom stereocenters. The van der Waals surface area contributed by atoms with Crippen LogP contribution < -0.4 is 10.0 Å². The van der Waals surface area contributed by atoms with Crippen molar-refractivity contribution in [2.24, 2.45) is 0 Å². The molecule has 0 fully saturated rings. The van der Waals surface area contributed by atoms with Gasteiger partial charge in [-0.25, -0.2) is 17.9 Å². The zero-order chi connectivity index (χ0) is 17.7. The molecule has 0 saturated carbocycles. The minimum Gasteiger partial charge on any atom is -0.481 e. The summed E-state index contributed by atoms with van der Waals surface area (Å²) in [6, 6.07) is 4.77. The topological polar surface area (TPSA) is 116 Å². The predicted molar refractivity (Wildman–Crippen MR) is 87.1 cm³/mol. The van der Waals surface area contributed by atoms with Gasteiger partial charge < -0.3 is 15.3 Å². The number of sulfonamides is 1. The van der Waals surface area contributed by atoms with Crippen molar-refractivity contribution in [3.8, 4) is 0 Å². The molecule has 132 valence electrons. The van der Waals surface area contributed by atoms with Crippen LogP contribution in [0.15, 0.2) is 23.1 Å². The van der Waals surface area contributed by atoms with Crippen molar-refractivity contribution in [1.82, 2.24) is 14.9 Å². The second kappa shape index (κ2) is 7.63. The van der Waals surface area contributed by atoms with Crippen molar-refractivity contribution in [2.75, 3.05) is 20.1 Å². The lowest BCUT2D eigenvalue weighted by Crippen LogP contribution is -2.43. The van der Waals surface area contributed by atoms with Crippen LogP contribution in [0, 0.1) is 0 Å². The smallest absolute Gasteiger partial charge is 0.317 e. The molecule has 0 spiro atoms. The van der Waals surface area contributed by atoms with Crippen LogP contribution in [0.4, 0.5) is 4.79 Å². The van der Waals surface area contributed by atoms with E-state index in [-0.39, 0.29) is 17.3 Å². The molecule has 0 aliphatic carbocycles. The highest BCUT2D eigenvalue weighted by Crippen LogP contribution is 2.25. The third-order valence-electron chi connectivity index (χ3n) is 3.91. The van der Waals surface area contributed by atoms with Gasteiger partial charge in [-0.3, -0.25) is 4.79 Å². The fourth-order valence-electron chi connectivity index (χ4n) is 2.66. The molecule has 1 aromatic carbocycles. The minimum absolute atomic E-state index is 0.00828.